The van der Waals surface area contributed by atoms with Crippen molar-refractivity contribution in [3.05, 3.63) is 76.3 Å². The standard InChI is InChI=1S/C26H25F4NO3/c1-14-10-16-22-17(27)6-5-7-20(22)34-25(16)24(31(14)13-26(2,3)30)23-18(28)11-15(12-19(23)29)8-9-21(32)33-4/h5-9,11-12,14,24H,10,13H2,1-4H3/b9-8+. The van der Waals surface area contributed by atoms with E-state index in [0.717, 1.165) is 18.2 Å². The van der Waals surface area contributed by atoms with Crippen LogP contribution in [0, 0.1) is 17.5 Å². The lowest BCUT2D eigenvalue weighted by Crippen LogP contribution is -2.48. The average Bonchev–Trinajstić information content (AvgIpc) is 3.11. The maximum absolute atomic E-state index is 15.4. The van der Waals surface area contributed by atoms with E-state index >= 15 is 8.78 Å². The van der Waals surface area contributed by atoms with Crippen LogP contribution in [0.2, 0.25) is 0 Å². The van der Waals surface area contributed by atoms with E-state index in [-0.39, 0.29) is 40.4 Å². The Morgan fingerprint density at radius 2 is 1.88 bits per heavy atom. The largest absolute Gasteiger partial charge is 0.466 e. The minimum Gasteiger partial charge on any atom is -0.466 e. The SMILES string of the molecule is COC(=O)/C=C/c1cc(F)c(C2c3oc4cccc(F)c4c3CC(C)N2CC(C)(C)F)c(F)c1. The second-order valence-corrected chi connectivity index (χ2v) is 9.16. The lowest BCUT2D eigenvalue weighted by molar-refractivity contribution is -0.134. The first-order chi connectivity index (χ1) is 16.0. The fraction of sp³-hybridized carbons (Fsp3) is 0.346. The Bertz CT molecular complexity index is 1250. The van der Waals surface area contributed by atoms with Crippen LogP contribution in [0.3, 0.4) is 0 Å². The van der Waals surface area contributed by atoms with Gasteiger partial charge in [0, 0.05) is 29.8 Å². The molecule has 1 aliphatic rings. The Labute approximate surface area is 194 Å². The van der Waals surface area contributed by atoms with Crippen molar-refractivity contribution in [2.24, 2.45) is 0 Å². The minimum atomic E-state index is -1.67. The van der Waals surface area contributed by atoms with Crippen molar-refractivity contribution < 1.29 is 31.5 Å². The van der Waals surface area contributed by atoms with E-state index in [2.05, 4.69) is 4.74 Å². The number of benzene rings is 2. The topological polar surface area (TPSA) is 42.7 Å². The highest BCUT2D eigenvalue weighted by Gasteiger charge is 2.42. The van der Waals surface area contributed by atoms with E-state index < -0.39 is 35.1 Å². The number of halogens is 4. The predicted octanol–water partition coefficient (Wildman–Crippen LogP) is 6.12. The number of hydrogen-bond acceptors (Lipinski definition) is 4. The van der Waals surface area contributed by atoms with Crippen LogP contribution in [0.15, 0.2) is 40.8 Å². The van der Waals surface area contributed by atoms with E-state index in [4.69, 9.17) is 4.42 Å². The molecule has 2 aromatic carbocycles. The van der Waals surface area contributed by atoms with Gasteiger partial charge in [0.2, 0.25) is 0 Å². The van der Waals surface area contributed by atoms with Gasteiger partial charge in [-0.1, -0.05) is 6.07 Å². The first-order valence-corrected chi connectivity index (χ1v) is 10.9. The summed E-state index contributed by atoms with van der Waals surface area (Å²) in [7, 11) is 1.19. The third kappa shape index (κ3) is 4.46. The van der Waals surface area contributed by atoms with Crippen LogP contribution in [0.5, 0.6) is 0 Å². The number of fused-ring (bicyclic) bond motifs is 3. The molecule has 4 nitrogen and oxygen atoms in total. The molecule has 0 spiro atoms. The minimum absolute atomic E-state index is 0.112. The number of carbonyl (C=O) groups is 1. The van der Waals surface area contributed by atoms with Crippen molar-refractivity contribution in [3.8, 4) is 0 Å². The van der Waals surface area contributed by atoms with Gasteiger partial charge in [-0.25, -0.2) is 22.4 Å². The van der Waals surface area contributed by atoms with Crippen molar-refractivity contribution in [1.82, 2.24) is 4.90 Å². The second kappa shape index (κ2) is 8.91. The zero-order chi connectivity index (χ0) is 24.8. The monoisotopic (exact) mass is 475 g/mol. The van der Waals surface area contributed by atoms with Gasteiger partial charge in [0.15, 0.2) is 0 Å². The molecule has 8 heteroatoms. The maximum atomic E-state index is 15.4. The van der Waals surface area contributed by atoms with Crippen molar-refractivity contribution in [1.29, 1.82) is 0 Å². The fourth-order valence-electron chi connectivity index (χ4n) is 4.60. The van der Waals surface area contributed by atoms with Crippen LogP contribution < -0.4 is 0 Å². The summed E-state index contributed by atoms with van der Waals surface area (Å²) in [5.41, 5.74) is -1.10. The van der Waals surface area contributed by atoms with Gasteiger partial charge < -0.3 is 9.15 Å². The van der Waals surface area contributed by atoms with Gasteiger partial charge in [0.25, 0.3) is 0 Å². The van der Waals surface area contributed by atoms with Crippen molar-refractivity contribution in [2.45, 2.75) is 44.9 Å². The first kappa shape index (κ1) is 24.0. The molecule has 0 bridgehead atoms. The Balaban J connectivity index is 1.91. The first-order valence-electron chi connectivity index (χ1n) is 10.9. The van der Waals surface area contributed by atoms with Gasteiger partial charge >= 0.3 is 5.97 Å². The number of rotatable bonds is 5. The summed E-state index contributed by atoms with van der Waals surface area (Å²) in [6, 6.07) is 5.09. The normalized spacial score (nSPS) is 19.1. The van der Waals surface area contributed by atoms with Crippen LogP contribution in [-0.2, 0) is 16.0 Å². The van der Waals surface area contributed by atoms with Crippen LogP contribution in [0.4, 0.5) is 17.6 Å². The number of ether oxygens (including phenoxy) is 1. The summed E-state index contributed by atoms with van der Waals surface area (Å²) in [6.07, 6.45) is 2.61. The highest BCUT2D eigenvalue weighted by molar-refractivity contribution is 5.87. The summed E-state index contributed by atoms with van der Waals surface area (Å²) < 4.78 is 70.8. The molecule has 2 atom stereocenters. The molecule has 34 heavy (non-hydrogen) atoms. The number of carbonyl (C=O) groups excluding carboxylic acids is 1. The number of alkyl halides is 1. The number of furan rings is 1. The van der Waals surface area contributed by atoms with Gasteiger partial charge in [-0.2, -0.15) is 0 Å². The van der Waals surface area contributed by atoms with Crippen LogP contribution in [0.1, 0.15) is 49.3 Å². The van der Waals surface area contributed by atoms with E-state index in [1.54, 1.807) is 11.0 Å². The molecule has 1 aromatic heterocycles. The fourth-order valence-corrected chi connectivity index (χ4v) is 4.60. The highest BCUT2D eigenvalue weighted by atomic mass is 19.1. The average molecular weight is 475 g/mol. The summed E-state index contributed by atoms with van der Waals surface area (Å²) in [6.45, 7) is 4.46. The molecule has 0 N–H and O–H groups in total. The molecule has 0 saturated heterocycles. The summed E-state index contributed by atoms with van der Waals surface area (Å²) in [5.74, 6) is -2.75. The van der Waals surface area contributed by atoms with Gasteiger partial charge in [-0.15, -0.1) is 0 Å². The summed E-state index contributed by atoms with van der Waals surface area (Å²) in [4.78, 5) is 13.0. The number of nitrogens with zero attached hydrogens (tertiary/aromatic N) is 1. The van der Waals surface area contributed by atoms with E-state index in [1.165, 1.54) is 39.2 Å². The molecule has 2 unspecified atom stereocenters. The molecule has 0 radical (unpaired) electrons. The van der Waals surface area contributed by atoms with Gasteiger partial charge in [-0.05, 0) is 63.1 Å². The van der Waals surface area contributed by atoms with E-state index in [0.29, 0.717) is 12.0 Å². The molecule has 2 heterocycles. The van der Waals surface area contributed by atoms with Crippen molar-refractivity contribution in [3.63, 3.8) is 0 Å². The molecule has 180 valence electrons. The number of hydrogen-bond donors (Lipinski definition) is 0. The lowest BCUT2D eigenvalue weighted by Gasteiger charge is -2.42. The van der Waals surface area contributed by atoms with Gasteiger partial charge in [0.05, 0.1) is 12.5 Å². The van der Waals surface area contributed by atoms with Gasteiger partial charge in [0.1, 0.15) is 40.5 Å². The molecular weight excluding hydrogens is 450 g/mol. The molecular formula is C26H25F4NO3. The van der Waals surface area contributed by atoms with Crippen LogP contribution in [-0.4, -0.2) is 36.2 Å². The highest BCUT2D eigenvalue weighted by Crippen LogP contribution is 2.45. The number of esters is 1. The molecule has 0 aliphatic carbocycles. The smallest absolute Gasteiger partial charge is 0.330 e. The molecule has 3 aromatic rings. The van der Waals surface area contributed by atoms with E-state index in [9.17, 15) is 13.6 Å². The Morgan fingerprint density at radius 3 is 2.50 bits per heavy atom. The number of methoxy groups -OCH3 is 1. The van der Waals surface area contributed by atoms with Crippen LogP contribution >= 0.6 is 0 Å². The zero-order valence-electron chi connectivity index (χ0n) is 19.3. The quantitative estimate of drug-likeness (QED) is 0.253. The van der Waals surface area contributed by atoms with Crippen LogP contribution in [0.25, 0.3) is 17.0 Å². The zero-order valence-corrected chi connectivity index (χ0v) is 19.3. The maximum Gasteiger partial charge on any atom is 0.330 e. The third-order valence-corrected chi connectivity index (χ3v) is 5.99. The predicted molar refractivity (Wildman–Crippen MR) is 120 cm³/mol. The summed E-state index contributed by atoms with van der Waals surface area (Å²) in [5, 5.41) is 0.270. The Kier molecular flexibility index (Phi) is 6.29. The molecule has 4 rings (SSSR count). The summed E-state index contributed by atoms with van der Waals surface area (Å²) >= 11 is 0. The van der Waals surface area contributed by atoms with Crippen molar-refractivity contribution in [2.75, 3.05) is 13.7 Å². The molecule has 0 saturated carbocycles. The third-order valence-electron chi connectivity index (χ3n) is 5.99. The second-order valence-electron chi connectivity index (χ2n) is 9.16. The molecule has 0 fully saturated rings. The lowest BCUT2D eigenvalue weighted by atomic mass is 9.87. The molecule has 0 amide bonds. The van der Waals surface area contributed by atoms with E-state index in [1.807, 2.05) is 6.92 Å². The molecule has 1 aliphatic heterocycles. The Hall–Kier alpha value is -3.13. The van der Waals surface area contributed by atoms with Crippen molar-refractivity contribution >= 4 is 23.0 Å². The Morgan fingerprint density at radius 1 is 1.21 bits per heavy atom. The van der Waals surface area contributed by atoms with Gasteiger partial charge in [-0.3, -0.25) is 4.90 Å².